The number of benzene rings is 2. The maximum absolute atomic E-state index is 12.9. The van der Waals surface area contributed by atoms with Crippen LogP contribution >= 0.6 is 0 Å². The normalized spacial score (nSPS) is 10.9. The van der Waals surface area contributed by atoms with Crippen molar-refractivity contribution in [2.75, 3.05) is 0 Å². The van der Waals surface area contributed by atoms with Gasteiger partial charge in [-0.05, 0) is 30.7 Å². The summed E-state index contributed by atoms with van der Waals surface area (Å²) in [5, 5.41) is 0. The van der Waals surface area contributed by atoms with Crippen molar-refractivity contribution in [1.29, 1.82) is 0 Å². The minimum absolute atomic E-state index is 0. The van der Waals surface area contributed by atoms with Crippen LogP contribution in [0.15, 0.2) is 42.5 Å². The molecule has 0 aliphatic rings. The van der Waals surface area contributed by atoms with E-state index in [1.54, 1.807) is 12.1 Å². The third-order valence-electron chi connectivity index (χ3n) is 2.80. The summed E-state index contributed by atoms with van der Waals surface area (Å²) in [5.41, 5.74) is 0.707. The van der Waals surface area contributed by atoms with E-state index in [-0.39, 0.29) is 63.7 Å². The van der Waals surface area contributed by atoms with Gasteiger partial charge in [0.05, 0.1) is 5.75 Å². The van der Waals surface area contributed by atoms with Crippen LogP contribution in [0, 0.1) is 12.7 Å². The molecule has 0 amide bonds. The quantitative estimate of drug-likeness (QED) is 0.597. The first kappa shape index (κ1) is 18.7. The fourth-order valence-corrected chi connectivity index (χ4v) is 1.87. The zero-order valence-corrected chi connectivity index (χ0v) is 14.9. The summed E-state index contributed by atoms with van der Waals surface area (Å²) in [4.78, 5) is 0. The van der Waals surface area contributed by atoms with E-state index in [1.807, 2.05) is 19.1 Å². The summed E-state index contributed by atoms with van der Waals surface area (Å²) in [6.07, 6.45) is 0. The molecule has 0 fully saturated rings. The smallest absolute Gasteiger partial charge is 0.492 e. The Balaban J connectivity index is 0.00000220. The van der Waals surface area contributed by atoms with Gasteiger partial charge in [-0.2, -0.15) is 0 Å². The third kappa shape index (κ3) is 5.41. The number of hydrogen-bond acceptors (Lipinski definition) is 1. The molecule has 0 bridgehead atoms. The second-order valence-corrected chi connectivity index (χ2v) is 4.53. The van der Waals surface area contributed by atoms with Crippen molar-refractivity contribution in [3.63, 3.8) is 0 Å². The molecule has 0 spiro atoms. The molecule has 0 N–H and O–H groups in total. The van der Waals surface area contributed by atoms with Crippen molar-refractivity contribution < 1.29 is 73.5 Å². The number of ether oxygens (including phenoxy) is 1. The van der Waals surface area contributed by atoms with Gasteiger partial charge in [0.15, 0.2) is 0 Å². The number of rotatable bonds is 4. The molecule has 0 saturated carbocycles. The molecule has 7 heteroatoms. The number of aryl methyl sites for hydroxylation is 1. The van der Waals surface area contributed by atoms with E-state index < -0.39 is 18.3 Å². The van der Waals surface area contributed by atoms with Gasteiger partial charge in [-0.1, -0.05) is 35.3 Å². The topological polar surface area (TPSA) is 9.23 Å². The minimum atomic E-state index is -5.31. The maximum atomic E-state index is 12.9. The van der Waals surface area contributed by atoms with Gasteiger partial charge in [0.25, 0.3) is 0 Å². The van der Waals surface area contributed by atoms with Crippen molar-refractivity contribution in [3.8, 4) is 5.75 Å². The van der Waals surface area contributed by atoms with E-state index in [2.05, 4.69) is 0 Å². The van der Waals surface area contributed by atoms with Crippen LogP contribution in [0.2, 0.25) is 0 Å². The molecule has 0 aliphatic heterocycles. The van der Waals surface area contributed by atoms with Crippen molar-refractivity contribution in [2.45, 2.75) is 13.5 Å². The van der Waals surface area contributed by atoms with Crippen molar-refractivity contribution in [2.24, 2.45) is 0 Å². The SMILES string of the molecule is Cc1cccc(COc2ccc(F)cc2[B-](F)(F)F)c1.[K+]. The van der Waals surface area contributed by atoms with Gasteiger partial charge in [0, 0.05) is 0 Å². The van der Waals surface area contributed by atoms with E-state index in [1.165, 1.54) is 0 Å². The number of halogens is 4. The first-order valence-electron chi connectivity index (χ1n) is 6.04. The van der Waals surface area contributed by atoms with Crippen LogP contribution < -0.4 is 61.6 Å². The van der Waals surface area contributed by atoms with Crippen molar-refractivity contribution >= 4 is 12.4 Å². The van der Waals surface area contributed by atoms with Gasteiger partial charge in [-0.25, -0.2) is 4.39 Å². The van der Waals surface area contributed by atoms with Crippen LogP contribution in [-0.4, -0.2) is 6.98 Å². The summed E-state index contributed by atoms with van der Waals surface area (Å²) in [7, 11) is 0. The second-order valence-electron chi connectivity index (χ2n) is 4.53. The average Bonchev–Trinajstić information content (AvgIpc) is 2.36. The second kappa shape index (κ2) is 7.78. The molecule has 0 atom stereocenters. The Labute approximate surface area is 163 Å². The molecule has 0 aromatic heterocycles. The van der Waals surface area contributed by atoms with Crippen molar-refractivity contribution in [3.05, 3.63) is 59.4 Å². The molecule has 0 radical (unpaired) electrons. The molecular formula is C14H12BF4KO. The maximum Gasteiger partial charge on any atom is 1.00 e. The summed E-state index contributed by atoms with van der Waals surface area (Å²) in [6, 6.07) is 9.69. The van der Waals surface area contributed by atoms with Crippen molar-refractivity contribution in [1.82, 2.24) is 0 Å². The molecule has 2 rings (SSSR count). The molecule has 0 saturated heterocycles. The number of hydrogen-bond donors (Lipinski definition) is 0. The van der Waals surface area contributed by atoms with Gasteiger partial charge in [-0.15, -0.1) is 0 Å². The van der Waals surface area contributed by atoms with E-state index in [0.717, 1.165) is 23.3 Å². The third-order valence-corrected chi connectivity index (χ3v) is 2.80. The zero-order valence-electron chi connectivity index (χ0n) is 11.7. The summed E-state index contributed by atoms with van der Waals surface area (Å²) in [5.74, 6) is -1.28. The molecule has 0 aliphatic carbocycles. The van der Waals surface area contributed by atoms with Crippen LogP contribution in [0.4, 0.5) is 17.3 Å². The Morgan fingerprint density at radius 2 is 1.76 bits per heavy atom. The van der Waals surface area contributed by atoms with Crippen LogP contribution in [0.5, 0.6) is 5.75 Å². The average molecular weight is 322 g/mol. The van der Waals surface area contributed by atoms with E-state index in [9.17, 15) is 17.3 Å². The van der Waals surface area contributed by atoms with E-state index in [0.29, 0.717) is 6.07 Å². The van der Waals surface area contributed by atoms with E-state index in [4.69, 9.17) is 4.74 Å². The molecule has 0 heterocycles. The van der Waals surface area contributed by atoms with Gasteiger partial charge in [0.1, 0.15) is 12.4 Å². The Hall–Kier alpha value is -0.339. The fourth-order valence-electron chi connectivity index (χ4n) is 1.87. The summed E-state index contributed by atoms with van der Waals surface area (Å²) >= 11 is 0. The molecule has 0 unspecified atom stereocenters. The van der Waals surface area contributed by atoms with Gasteiger partial charge >= 0.3 is 58.4 Å². The minimum Gasteiger partial charge on any atom is -0.492 e. The molecule has 2 aromatic rings. The monoisotopic (exact) mass is 322 g/mol. The van der Waals surface area contributed by atoms with Gasteiger partial charge < -0.3 is 17.7 Å². The first-order chi connectivity index (χ1) is 9.36. The molecular weight excluding hydrogens is 310 g/mol. The molecule has 21 heavy (non-hydrogen) atoms. The molecule has 106 valence electrons. The predicted molar refractivity (Wildman–Crippen MR) is 70.6 cm³/mol. The molecule has 2 aromatic carbocycles. The predicted octanol–water partition coefficient (Wildman–Crippen LogP) is 0.772. The first-order valence-corrected chi connectivity index (χ1v) is 6.04. The Kier molecular flexibility index (Phi) is 6.93. The van der Waals surface area contributed by atoms with Crippen LogP contribution in [-0.2, 0) is 6.61 Å². The largest absolute Gasteiger partial charge is 1.00 e. The van der Waals surface area contributed by atoms with Crippen LogP contribution in [0.1, 0.15) is 11.1 Å². The summed E-state index contributed by atoms with van der Waals surface area (Å²) < 4.78 is 56.6. The molecule has 1 nitrogen and oxygen atoms in total. The fraction of sp³-hybridized carbons (Fsp3) is 0.143. The zero-order chi connectivity index (χ0) is 14.8. The Morgan fingerprint density at radius 3 is 2.38 bits per heavy atom. The van der Waals surface area contributed by atoms with Gasteiger partial charge in [-0.3, -0.25) is 0 Å². The Morgan fingerprint density at radius 1 is 1.05 bits per heavy atom. The van der Waals surface area contributed by atoms with E-state index >= 15 is 0 Å². The summed E-state index contributed by atoms with van der Waals surface area (Å²) in [6.45, 7) is -3.43. The van der Waals surface area contributed by atoms with Gasteiger partial charge in [0.2, 0.25) is 0 Å². The van der Waals surface area contributed by atoms with Crippen LogP contribution in [0.25, 0.3) is 0 Å². The van der Waals surface area contributed by atoms with Crippen LogP contribution in [0.3, 0.4) is 0 Å². The Bertz CT molecular complexity index is 616. The standard InChI is InChI=1S/C14H12BF4O.K/c1-10-3-2-4-11(7-10)9-20-14-6-5-12(16)8-13(14)15(17,18)19;/h2-8H,9H2,1H3;/q-1;+1.